The fourth-order valence-corrected chi connectivity index (χ4v) is 2.47. The Morgan fingerprint density at radius 1 is 1.30 bits per heavy atom. The lowest BCUT2D eigenvalue weighted by atomic mass is 9.99. The molecule has 1 aliphatic carbocycles. The normalized spacial score (nSPS) is 14.3. The van der Waals surface area contributed by atoms with Crippen molar-refractivity contribution in [3.8, 4) is 11.1 Å². The van der Waals surface area contributed by atoms with E-state index >= 15 is 0 Å². The molecule has 3 nitrogen and oxygen atoms in total. The van der Waals surface area contributed by atoms with Crippen molar-refractivity contribution in [1.82, 2.24) is 4.98 Å². The summed E-state index contributed by atoms with van der Waals surface area (Å²) in [6, 6.07) is 9.10. The summed E-state index contributed by atoms with van der Waals surface area (Å²) in [5.74, 6) is 0. The summed E-state index contributed by atoms with van der Waals surface area (Å²) >= 11 is 0. The zero-order chi connectivity index (χ0) is 14.1. The quantitative estimate of drug-likeness (QED) is 0.893. The van der Waals surface area contributed by atoms with Crippen molar-refractivity contribution in [3.05, 3.63) is 47.3 Å². The molecular weight excluding hydrogens is 248 g/mol. The van der Waals surface area contributed by atoms with Gasteiger partial charge in [0.1, 0.15) is 0 Å². The molecule has 1 fully saturated rings. The minimum absolute atomic E-state index is 0.00558. The highest BCUT2D eigenvalue weighted by Crippen LogP contribution is 2.32. The third-order valence-electron chi connectivity index (χ3n) is 3.92. The largest absolute Gasteiger partial charge is 0.390 e. The van der Waals surface area contributed by atoms with E-state index in [9.17, 15) is 5.11 Å². The third kappa shape index (κ3) is 2.54. The van der Waals surface area contributed by atoms with Gasteiger partial charge >= 0.3 is 0 Å². The van der Waals surface area contributed by atoms with Gasteiger partial charge in [-0.05, 0) is 55.5 Å². The van der Waals surface area contributed by atoms with Crippen molar-refractivity contribution in [2.24, 2.45) is 0 Å². The SMILES string of the molecule is Cc1cc(-c2cccc(NC3CC3)c2C)cnc1CO. The molecule has 104 valence electrons. The molecule has 1 aromatic heterocycles. The highest BCUT2D eigenvalue weighted by atomic mass is 16.3. The van der Waals surface area contributed by atoms with Crippen LogP contribution in [0.2, 0.25) is 0 Å². The molecule has 3 heteroatoms. The molecule has 0 saturated heterocycles. The van der Waals surface area contributed by atoms with E-state index in [1.807, 2.05) is 13.1 Å². The lowest BCUT2D eigenvalue weighted by molar-refractivity contribution is 0.276. The molecule has 0 aliphatic heterocycles. The number of pyridine rings is 1. The number of benzene rings is 1. The van der Waals surface area contributed by atoms with Gasteiger partial charge in [0.15, 0.2) is 0 Å². The molecule has 0 atom stereocenters. The number of anilines is 1. The Kier molecular flexibility index (Phi) is 3.45. The van der Waals surface area contributed by atoms with Crippen molar-refractivity contribution in [3.63, 3.8) is 0 Å². The standard InChI is InChI=1S/C17H20N2O/c1-11-8-13(9-18-17(11)10-20)15-4-3-5-16(12(15)2)19-14-6-7-14/h3-5,8-9,14,19-20H,6-7,10H2,1-2H3. The summed E-state index contributed by atoms with van der Waals surface area (Å²) in [6.45, 7) is 4.13. The zero-order valence-electron chi connectivity index (χ0n) is 12.0. The van der Waals surface area contributed by atoms with Gasteiger partial charge in [0, 0.05) is 23.5 Å². The fraction of sp³-hybridized carbons (Fsp3) is 0.353. The first-order valence-corrected chi connectivity index (χ1v) is 7.12. The molecule has 2 aromatic rings. The van der Waals surface area contributed by atoms with Crippen LogP contribution in [0.5, 0.6) is 0 Å². The van der Waals surface area contributed by atoms with E-state index in [2.05, 4.69) is 41.5 Å². The van der Waals surface area contributed by atoms with Gasteiger partial charge in [-0.3, -0.25) is 4.98 Å². The summed E-state index contributed by atoms with van der Waals surface area (Å²) in [4.78, 5) is 4.35. The smallest absolute Gasteiger partial charge is 0.0855 e. The molecule has 0 spiro atoms. The van der Waals surface area contributed by atoms with Crippen molar-refractivity contribution in [1.29, 1.82) is 0 Å². The van der Waals surface area contributed by atoms with Crippen molar-refractivity contribution in [2.45, 2.75) is 39.3 Å². The second-order valence-corrected chi connectivity index (χ2v) is 5.54. The molecule has 0 unspecified atom stereocenters. The molecular formula is C17H20N2O. The Morgan fingerprint density at radius 2 is 2.10 bits per heavy atom. The van der Waals surface area contributed by atoms with Gasteiger partial charge in [0.05, 0.1) is 12.3 Å². The minimum Gasteiger partial charge on any atom is -0.390 e. The maximum absolute atomic E-state index is 9.21. The van der Waals surface area contributed by atoms with Crippen molar-refractivity contribution < 1.29 is 5.11 Å². The number of rotatable bonds is 4. The number of aliphatic hydroxyl groups is 1. The number of nitrogens with zero attached hydrogens (tertiary/aromatic N) is 1. The van der Waals surface area contributed by atoms with E-state index in [1.165, 1.54) is 29.7 Å². The molecule has 2 N–H and O–H groups in total. The topological polar surface area (TPSA) is 45.2 Å². The lowest BCUT2D eigenvalue weighted by Gasteiger charge is -2.14. The van der Waals surface area contributed by atoms with Gasteiger partial charge in [0.25, 0.3) is 0 Å². The Labute approximate surface area is 119 Å². The van der Waals surface area contributed by atoms with Crippen LogP contribution >= 0.6 is 0 Å². The predicted octanol–water partition coefficient (Wildman–Crippen LogP) is 3.43. The molecule has 1 heterocycles. The van der Waals surface area contributed by atoms with Gasteiger partial charge in [0.2, 0.25) is 0 Å². The highest BCUT2D eigenvalue weighted by Gasteiger charge is 2.21. The molecule has 3 rings (SSSR count). The minimum atomic E-state index is -0.00558. The predicted molar refractivity (Wildman–Crippen MR) is 81.7 cm³/mol. The first-order chi connectivity index (χ1) is 9.69. The number of aryl methyl sites for hydroxylation is 1. The number of nitrogens with one attached hydrogen (secondary N) is 1. The maximum atomic E-state index is 9.21. The van der Waals surface area contributed by atoms with Gasteiger partial charge in [-0.25, -0.2) is 0 Å². The van der Waals surface area contributed by atoms with E-state index in [1.54, 1.807) is 0 Å². The highest BCUT2D eigenvalue weighted by molar-refractivity contribution is 5.73. The number of hydrogen-bond acceptors (Lipinski definition) is 3. The summed E-state index contributed by atoms with van der Waals surface area (Å²) in [6.07, 6.45) is 4.40. The molecule has 1 saturated carbocycles. The Bertz CT molecular complexity index is 633. The number of aliphatic hydroxyl groups excluding tert-OH is 1. The van der Waals surface area contributed by atoms with Crippen LogP contribution in [0.1, 0.15) is 29.7 Å². The van der Waals surface area contributed by atoms with E-state index < -0.39 is 0 Å². The second kappa shape index (κ2) is 5.25. The first kappa shape index (κ1) is 13.1. The van der Waals surface area contributed by atoms with Gasteiger partial charge < -0.3 is 10.4 Å². The monoisotopic (exact) mass is 268 g/mol. The van der Waals surface area contributed by atoms with Gasteiger partial charge in [-0.1, -0.05) is 12.1 Å². The molecule has 1 aliphatic rings. The Hall–Kier alpha value is -1.87. The van der Waals surface area contributed by atoms with Crippen LogP contribution in [-0.4, -0.2) is 16.1 Å². The third-order valence-corrected chi connectivity index (χ3v) is 3.92. The van der Waals surface area contributed by atoms with Crippen LogP contribution in [0.4, 0.5) is 5.69 Å². The van der Waals surface area contributed by atoms with Crippen molar-refractivity contribution >= 4 is 5.69 Å². The number of aromatic nitrogens is 1. The van der Waals surface area contributed by atoms with Gasteiger partial charge in [-0.2, -0.15) is 0 Å². The van der Waals surface area contributed by atoms with E-state index in [-0.39, 0.29) is 6.61 Å². The van der Waals surface area contributed by atoms with Crippen LogP contribution in [0.3, 0.4) is 0 Å². The molecule has 0 bridgehead atoms. The Balaban J connectivity index is 1.98. The summed E-state index contributed by atoms with van der Waals surface area (Å²) in [7, 11) is 0. The molecule has 1 aromatic carbocycles. The van der Waals surface area contributed by atoms with Crippen LogP contribution < -0.4 is 5.32 Å². The average Bonchev–Trinajstić information content (AvgIpc) is 3.25. The summed E-state index contributed by atoms with van der Waals surface area (Å²) < 4.78 is 0. The maximum Gasteiger partial charge on any atom is 0.0855 e. The van der Waals surface area contributed by atoms with E-state index in [0.717, 1.165) is 16.8 Å². The molecule has 20 heavy (non-hydrogen) atoms. The second-order valence-electron chi connectivity index (χ2n) is 5.54. The Morgan fingerprint density at radius 3 is 2.75 bits per heavy atom. The average molecular weight is 268 g/mol. The van der Waals surface area contributed by atoms with Gasteiger partial charge in [-0.15, -0.1) is 0 Å². The van der Waals surface area contributed by atoms with Crippen LogP contribution in [0, 0.1) is 13.8 Å². The molecule has 0 amide bonds. The zero-order valence-corrected chi connectivity index (χ0v) is 12.0. The fourth-order valence-electron chi connectivity index (χ4n) is 2.47. The van der Waals surface area contributed by atoms with E-state index in [0.29, 0.717) is 6.04 Å². The van der Waals surface area contributed by atoms with Crippen LogP contribution in [-0.2, 0) is 6.61 Å². The first-order valence-electron chi connectivity index (χ1n) is 7.12. The van der Waals surface area contributed by atoms with Crippen molar-refractivity contribution in [2.75, 3.05) is 5.32 Å². The lowest BCUT2D eigenvalue weighted by Crippen LogP contribution is -2.03. The molecule has 0 radical (unpaired) electrons. The van der Waals surface area contributed by atoms with Crippen LogP contribution in [0.25, 0.3) is 11.1 Å². The summed E-state index contributed by atoms with van der Waals surface area (Å²) in [5.41, 5.74) is 6.57. The number of hydrogen-bond donors (Lipinski definition) is 2. The summed E-state index contributed by atoms with van der Waals surface area (Å²) in [5, 5.41) is 12.8. The van der Waals surface area contributed by atoms with E-state index in [4.69, 9.17) is 0 Å². The van der Waals surface area contributed by atoms with Crippen LogP contribution in [0.15, 0.2) is 30.5 Å².